The molecule has 0 N–H and O–H groups in total. The highest BCUT2D eigenvalue weighted by Gasteiger charge is 2.40. The monoisotopic (exact) mass is 397 g/mol. The second kappa shape index (κ2) is 8.29. The van der Waals surface area contributed by atoms with Crippen molar-refractivity contribution >= 4 is 29.1 Å². The Balaban J connectivity index is 1.63. The predicted molar refractivity (Wildman–Crippen MR) is 107 cm³/mol. The summed E-state index contributed by atoms with van der Waals surface area (Å²) in [4.78, 5) is 27.9. The normalized spacial score (nSPS) is 19.8. The minimum absolute atomic E-state index is 0.110. The Labute approximate surface area is 167 Å². The van der Waals surface area contributed by atoms with Crippen molar-refractivity contribution in [3.63, 3.8) is 0 Å². The molecule has 2 amide bonds. The number of benzene rings is 2. The lowest BCUT2D eigenvalue weighted by Gasteiger charge is -2.19. The van der Waals surface area contributed by atoms with Gasteiger partial charge in [0, 0.05) is 12.4 Å². The van der Waals surface area contributed by atoms with Crippen LogP contribution in [0.5, 0.6) is 0 Å². The highest BCUT2D eigenvalue weighted by atomic mass is 32.2. The van der Waals surface area contributed by atoms with Gasteiger partial charge in [-0.05, 0) is 36.1 Å². The van der Waals surface area contributed by atoms with Crippen molar-refractivity contribution in [1.29, 1.82) is 0 Å². The third-order valence-corrected chi connectivity index (χ3v) is 6.04. The van der Waals surface area contributed by atoms with Gasteiger partial charge in [0.1, 0.15) is 5.82 Å². The van der Waals surface area contributed by atoms with Gasteiger partial charge in [0.15, 0.2) is 0 Å². The van der Waals surface area contributed by atoms with Crippen LogP contribution in [-0.4, -0.2) is 36.0 Å². The molecule has 1 saturated heterocycles. The number of hydrogen-bond donors (Lipinski definition) is 0. The van der Waals surface area contributed by atoms with Gasteiger partial charge in [0.2, 0.25) is 0 Å². The molecular weight excluding hydrogens is 377 g/mol. The molecule has 1 unspecified atom stereocenters. The van der Waals surface area contributed by atoms with Crippen molar-refractivity contribution < 1.29 is 18.7 Å². The molecule has 2 aromatic carbocycles. The van der Waals surface area contributed by atoms with Crippen LogP contribution >= 0.6 is 11.8 Å². The van der Waals surface area contributed by atoms with Gasteiger partial charge in [-0.2, -0.15) is 0 Å². The maximum absolute atomic E-state index is 13.4. The standard InChI is InChI=1S/C22H20FNO3S/c23-17-10-8-16(9-11-17)19-20(28-14-15-5-2-1-3-6-15)22(26)24(21(19)25)13-18-7-4-12-27-18/h1-3,5-6,8-11,18H,4,7,12-14H2. The molecule has 144 valence electrons. The highest BCUT2D eigenvalue weighted by Crippen LogP contribution is 2.38. The van der Waals surface area contributed by atoms with Crippen LogP contribution < -0.4 is 0 Å². The second-order valence-corrected chi connectivity index (χ2v) is 7.83. The van der Waals surface area contributed by atoms with Crippen LogP contribution in [0.3, 0.4) is 0 Å². The van der Waals surface area contributed by atoms with Crippen LogP contribution in [0, 0.1) is 5.82 Å². The van der Waals surface area contributed by atoms with E-state index in [1.54, 1.807) is 12.1 Å². The fourth-order valence-corrected chi connectivity index (χ4v) is 4.53. The van der Waals surface area contributed by atoms with Gasteiger partial charge in [0.05, 0.1) is 23.1 Å². The first-order valence-electron chi connectivity index (χ1n) is 9.28. The number of imide groups is 1. The lowest BCUT2D eigenvalue weighted by Crippen LogP contribution is -2.37. The second-order valence-electron chi connectivity index (χ2n) is 6.84. The van der Waals surface area contributed by atoms with E-state index in [0.29, 0.717) is 28.4 Å². The van der Waals surface area contributed by atoms with Crippen LogP contribution in [0.1, 0.15) is 24.0 Å². The number of nitrogens with zero attached hydrogens (tertiary/aromatic N) is 1. The zero-order valence-corrected chi connectivity index (χ0v) is 16.1. The molecule has 4 rings (SSSR count). The highest BCUT2D eigenvalue weighted by molar-refractivity contribution is 8.03. The van der Waals surface area contributed by atoms with Crippen LogP contribution in [0.2, 0.25) is 0 Å². The number of rotatable bonds is 6. The quantitative estimate of drug-likeness (QED) is 0.691. The number of halogens is 1. The molecule has 0 aliphatic carbocycles. The molecular formula is C22H20FNO3S. The van der Waals surface area contributed by atoms with Gasteiger partial charge >= 0.3 is 0 Å². The van der Waals surface area contributed by atoms with Crippen molar-refractivity contribution in [2.24, 2.45) is 0 Å². The van der Waals surface area contributed by atoms with Crippen molar-refractivity contribution in [3.8, 4) is 0 Å². The summed E-state index contributed by atoms with van der Waals surface area (Å²) in [6.07, 6.45) is 1.67. The van der Waals surface area contributed by atoms with E-state index in [1.165, 1.54) is 28.8 Å². The van der Waals surface area contributed by atoms with E-state index in [1.807, 2.05) is 30.3 Å². The smallest absolute Gasteiger partial charge is 0.268 e. The SMILES string of the molecule is O=C1C(SCc2ccccc2)=C(c2ccc(F)cc2)C(=O)N1CC1CCCO1. The summed E-state index contributed by atoms with van der Waals surface area (Å²) in [5.74, 6) is -0.424. The third-order valence-electron chi connectivity index (χ3n) is 4.89. The minimum Gasteiger partial charge on any atom is -0.376 e. The summed E-state index contributed by atoms with van der Waals surface area (Å²) in [5.41, 5.74) is 1.98. The molecule has 0 saturated carbocycles. The Kier molecular flexibility index (Phi) is 5.59. The Morgan fingerprint density at radius 1 is 1.04 bits per heavy atom. The fraction of sp³-hybridized carbons (Fsp3) is 0.273. The Morgan fingerprint density at radius 3 is 2.46 bits per heavy atom. The first-order valence-corrected chi connectivity index (χ1v) is 10.3. The summed E-state index contributed by atoms with van der Waals surface area (Å²) >= 11 is 1.35. The van der Waals surface area contributed by atoms with E-state index in [4.69, 9.17) is 4.74 Å². The molecule has 1 atom stereocenters. The molecule has 2 aliphatic rings. The number of hydrogen-bond acceptors (Lipinski definition) is 4. The van der Waals surface area contributed by atoms with Gasteiger partial charge in [0.25, 0.3) is 11.8 Å². The largest absolute Gasteiger partial charge is 0.376 e. The Morgan fingerprint density at radius 2 is 1.79 bits per heavy atom. The zero-order chi connectivity index (χ0) is 19.5. The van der Waals surface area contributed by atoms with E-state index in [9.17, 15) is 14.0 Å². The zero-order valence-electron chi connectivity index (χ0n) is 15.3. The summed E-state index contributed by atoms with van der Waals surface area (Å²) in [6.45, 7) is 0.923. The van der Waals surface area contributed by atoms with Crippen molar-refractivity contribution in [2.45, 2.75) is 24.7 Å². The molecule has 0 aromatic heterocycles. The maximum Gasteiger partial charge on any atom is 0.268 e. The van der Waals surface area contributed by atoms with E-state index in [-0.39, 0.29) is 30.3 Å². The molecule has 6 heteroatoms. The summed E-state index contributed by atoms with van der Waals surface area (Å²) in [7, 11) is 0. The third kappa shape index (κ3) is 3.88. The first-order chi connectivity index (χ1) is 13.6. The molecule has 2 heterocycles. The van der Waals surface area contributed by atoms with Gasteiger partial charge in [-0.15, -0.1) is 11.8 Å². The molecule has 0 radical (unpaired) electrons. The number of ether oxygens (including phenoxy) is 1. The van der Waals surface area contributed by atoms with Crippen LogP contribution in [0.15, 0.2) is 59.5 Å². The van der Waals surface area contributed by atoms with Crippen molar-refractivity contribution in [3.05, 3.63) is 76.4 Å². The lowest BCUT2D eigenvalue weighted by atomic mass is 10.1. The number of carbonyl (C=O) groups excluding carboxylic acids is 2. The summed E-state index contributed by atoms with van der Waals surface area (Å²) in [5, 5.41) is 0. The topological polar surface area (TPSA) is 46.6 Å². The Hall–Kier alpha value is -2.44. The first kappa shape index (κ1) is 18.9. The van der Waals surface area contributed by atoms with Gasteiger partial charge in [-0.25, -0.2) is 4.39 Å². The molecule has 28 heavy (non-hydrogen) atoms. The molecule has 2 aliphatic heterocycles. The van der Waals surface area contributed by atoms with E-state index in [0.717, 1.165) is 18.4 Å². The number of amides is 2. The van der Waals surface area contributed by atoms with E-state index in [2.05, 4.69) is 0 Å². The van der Waals surface area contributed by atoms with Crippen LogP contribution in [-0.2, 0) is 20.1 Å². The number of carbonyl (C=O) groups is 2. The average molecular weight is 397 g/mol. The molecule has 4 nitrogen and oxygen atoms in total. The van der Waals surface area contributed by atoms with E-state index >= 15 is 0 Å². The molecule has 1 fully saturated rings. The van der Waals surface area contributed by atoms with Crippen LogP contribution in [0.25, 0.3) is 5.57 Å². The van der Waals surface area contributed by atoms with Crippen molar-refractivity contribution in [1.82, 2.24) is 4.90 Å². The number of thioether (sulfide) groups is 1. The minimum atomic E-state index is -0.379. The predicted octanol–water partition coefficient (Wildman–Crippen LogP) is 4.02. The van der Waals surface area contributed by atoms with E-state index < -0.39 is 0 Å². The molecule has 0 bridgehead atoms. The Bertz CT molecular complexity index is 905. The van der Waals surface area contributed by atoms with Crippen molar-refractivity contribution in [2.75, 3.05) is 13.2 Å². The van der Waals surface area contributed by atoms with Gasteiger partial charge in [-0.1, -0.05) is 42.5 Å². The summed E-state index contributed by atoms with van der Waals surface area (Å²) < 4.78 is 19.0. The molecule has 0 spiro atoms. The van der Waals surface area contributed by atoms with Gasteiger partial charge in [-0.3, -0.25) is 14.5 Å². The van der Waals surface area contributed by atoms with Crippen LogP contribution in [0.4, 0.5) is 4.39 Å². The fourth-order valence-electron chi connectivity index (χ4n) is 3.45. The molecule has 2 aromatic rings. The lowest BCUT2D eigenvalue weighted by molar-refractivity contribution is -0.138. The van der Waals surface area contributed by atoms with Gasteiger partial charge < -0.3 is 4.74 Å². The maximum atomic E-state index is 13.4. The average Bonchev–Trinajstić information content (AvgIpc) is 3.30. The summed E-state index contributed by atoms with van der Waals surface area (Å²) in [6, 6.07) is 15.5.